The number of halogens is 1. The van der Waals surface area contributed by atoms with E-state index in [1.165, 1.54) is 38.2 Å². The smallest absolute Gasteiger partial charge is 0.165 e. The molecule has 172 valence electrons. The molecular formula is C29H33FN2O. The SMILES string of the molecule is CCCCOc1ccc(-c2ccc(C34CCC(CCC)(CC3)CC4)c(C#N)c2C#N)cc1F. The predicted molar refractivity (Wildman–Crippen MR) is 128 cm³/mol. The monoisotopic (exact) mass is 444 g/mol. The molecule has 3 aliphatic carbocycles. The Hall–Kier alpha value is -2.85. The van der Waals surface area contributed by atoms with E-state index in [2.05, 4.69) is 26.0 Å². The van der Waals surface area contributed by atoms with Crippen molar-refractivity contribution in [2.24, 2.45) is 5.41 Å². The Bertz CT molecular complexity index is 1080. The molecule has 0 unspecified atom stereocenters. The third-order valence-electron chi connectivity index (χ3n) is 8.18. The van der Waals surface area contributed by atoms with E-state index in [9.17, 15) is 14.9 Å². The first-order chi connectivity index (χ1) is 16.0. The zero-order chi connectivity index (χ0) is 23.5. The van der Waals surface area contributed by atoms with Gasteiger partial charge in [0, 0.05) is 5.56 Å². The van der Waals surface area contributed by atoms with Crippen LogP contribution in [0.1, 0.15) is 94.7 Å². The fourth-order valence-corrected chi connectivity index (χ4v) is 6.20. The molecule has 2 bridgehead atoms. The van der Waals surface area contributed by atoms with Crippen LogP contribution in [0.15, 0.2) is 30.3 Å². The average Bonchev–Trinajstić information content (AvgIpc) is 2.85. The third-order valence-corrected chi connectivity index (χ3v) is 8.18. The molecule has 2 aromatic rings. The minimum atomic E-state index is -0.444. The second-order valence-corrected chi connectivity index (χ2v) is 10.0. The third kappa shape index (κ3) is 4.24. The van der Waals surface area contributed by atoms with E-state index in [1.54, 1.807) is 12.1 Å². The van der Waals surface area contributed by atoms with Crippen LogP contribution in [0.3, 0.4) is 0 Å². The maximum atomic E-state index is 14.7. The topological polar surface area (TPSA) is 56.8 Å². The quantitative estimate of drug-likeness (QED) is 0.390. The maximum absolute atomic E-state index is 14.7. The fraction of sp³-hybridized carbons (Fsp3) is 0.517. The Kier molecular flexibility index (Phi) is 6.76. The van der Waals surface area contributed by atoms with E-state index >= 15 is 0 Å². The summed E-state index contributed by atoms with van der Waals surface area (Å²) in [6, 6.07) is 13.4. The van der Waals surface area contributed by atoms with Crippen LogP contribution in [0.5, 0.6) is 5.75 Å². The Morgan fingerprint density at radius 2 is 1.61 bits per heavy atom. The lowest BCUT2D eigenvalue weighted by Crippen LogP contribution is -2.44. The fourth-order valence-electron chi connectivity index (χ4n) is 6.20. The van der Waals surface area contributed by atoms with E-state index in [4.69, 9.17) is 4.74 Å². The summed E-state index contributed by atoms with van der Waals surface area (Å²) < 4.78 is 20.2. The van der Waals surface area contributed by atoms with Gasteiger partial charge in [0.25, 0.3) is 0 Å². The number of hydrogen-bond acceptors (Lipinski definition) is 3. The van der Waals surface area contributed by atoms with E-state index in [-0.39, 0.29) is 11.2 Å². The average molecular weight is 445 g/mol. The molecule has 0 aromatic heterocycles. The van der Waals surface area contributed by atoms with Gasteiger partial charge in [0.2, 0.25) is 0 Å². The van der Waals surface area contributed by atoms with Crippen molar-refractivity contribution in [2.75, 3.05) is 6.61 Å². The summed E-state index contributed by atoms with van der Waals surface area (Å²) in [7, 11) is 0. The molecule has 0 radical (unpaired) electrons. The van der Waals surface area contributed by atoms with Gasteiger partial charge < -0.3 is 4.74 Å². The molecule has 0 atom stereocenters. The van der Waals surface area contributed by atoms with Gasteiger partial charge in [0.15, 0.2) is 11.6 Å². The summed E-state index contributed by atoms with van der Waals surface area (Å²) in [4.78, 5) is 0. The Labute approximate surface area is 197 Å². The van der Waals surface area contributed by atoms with Crippen molar-refractivity contribution in [3.63, 3.8) is 0 Å². The molecule has 3 nitrogen and oxygen atoms in total. The standard InChI is InChI=1S/C29H33FN2O/c1-3-5-17-33-27-9-6-21(18-26(27)30)22-7-8-25(24(20-32)23(22)19-31)29-14-11-28(10-4-2,12-15-29)13-16-29/h6-9,18H,3-5,10-17H2,1-2H3. The highest BCUT2D eigenvalue weighted by molar-refractivity contribution is 5.76. The first-order valence-corrected chi connectivity index (χ1v) is 12.4. The molecule has 3 fully saturated rings. The number of ether oxygens (including phenoxy) is 1. The molecule has 3 aliphatic rings. The van der Waals surface area contributed by atoms with Crippen molar-refractivity contribution in [3.05, 3.63) is 52.8 Å². The van der Waals surface area contributed by atoms with Crippen LogP contribution in [0.25, 0.3) is 11.1 Å². The molecule has 0 aliphatic heterocycles. The molecule has 0 saturated heterocycles. The van der Waals surface area contributed by atoms with Gasteiger partial charge in [-0.05, 0) is 85.5 Å². The molecule has 5 rings (SSSR count). The number of unbranched alkanes of at least 4 members (excludes halogenated alkanes) is 1. The first-order valence-electron chi connectivity index (χ1n) is 12.4. The molecule has 4 heteroatoms. The minimum Gasteiger partial charge on any atom is -0.491 e. The molecule has 0 heterocycles. The minimum absolute atomic E-state index is 0.00703. The highest BCUT2D eigenvalue weighted by Gasteiger charge is 2.49. The van der Waals surface area contributed by atoms with Gasteiger partial charge in [-0.25, -0.2) is 4.39 Å². The van der Waals surface area contributed by atoms with Crippen molar-refractivity contribution in [1.82, 2.24) is 0 Å². The predicted octanol–water partition coefficient (Wildman–Crippen LogP) is 7.81. The van der Waals surface area contributed by atoms with E-state index < -0.39 is 5.82 Å². The highest BCUT2D eigenvalue weighted by atomic mass is 19.1. The number of nitrogens with zero attached hydrogens (tertiary/aromatic N) is 2. The van der Waals surface area contributed by atoms with E-state index in [0.717, 1.165) is 37.7 Å². The van der Waals surface area contributed by atoms with Crippen LogP contribution in [0.2, 0.25) is 0 Å². The lowest BCUT2D eigenvalue weighted by molar-refractivity contribution is 0.0319. The first kappa shape index (κ1) is 23.3. The normalized spacial score (nSPS) is 23.7. The van der Waals surface area contributed by atoms with Crippen LogP contribution < -0.4 is 4.74 Å². The van der Waals surface area contributed by atoms with Gasteiger partial charge in [-0.3, -0.25) is 0 Å². The Balaban J connectivity index is 1.68. The number of fused-ring (bicyclic) bond motifs is 3. The van der Waals surface area contributed by atoms with Gasteiger partial charge in [-0.2, -0.15) is 10.5 Å². The van der Waals surface area contributed by atoms with E-state index in [0.29, 0.717) is 34.3 Å². The summed E-state index contributed by atoms with van der Waals surface area (Å²) in [6.07, 6.45) is 11.3. The van der Waals surface area contributed by atoms with Gasteiger partial charge in [0.05, 0.1) is 17.7 Å². The zero-order valence-corrected chi connectivity index (χ0v) is 19.8. The van der Waals surface area contributed by atoms with Crippen LogP contribution in [-0.2, 0) is 5.41 Å². The zero-order valence-electron chi connectivity index (χ0n) is 19.8. The molecule has 33 heavy (non-hydrogen) atoms. The Morgan fingerprint density at radius 1 is 0.909 bits per heavy atom. The van der Waals surface area contributed by atoms with Crippen LogP contribution in [0.4, 0.5) is 4.39 Å². The molecule has 0 spiro atoms. The maximum Gasteiger partial charge on any atom is 0.165 e. The molecule has 0 amide bonds. The van der Waals surface area contributed by atoms with Crippen molar-refractivity contribution in [3.8, 4) is 29.0 Å². The van der Waals surface area contributed by atoms with Crippen LogP contribution in [0, 0.1) is 33.9 Å². The van der Waals surface area contributed by atoms with Gasteiger partial charge >= 0.3 is 0 Å². The molecular weight excluding hydrogens is 411 g/mol. The van der Waals surface area contributed by atoms with Crippen LogP contribution in [-0.4, -0.2) is 6.61 Å². The second-order valence-electron chi connectivity index (χ2n) is 10.0. The Morgan fingerprint density at radius 3 is 2.18 bits per heavy atom. The largest absolute Gasteiger partial charge is 0.491 e. The molecule has 0 N–H and O–H groups in total. The summed E-state index contributed by atoms with van der Waals surface area (Å²) in [5, 5.41) is 20.2. The van der Waals surface area contributed by atoms with Crippen molar-refractivity contribution in [1.29, 1.82) is 10.5 Å². The van der Waals surface area contributed by atoms with Crippen molar-refractivity contribution >= 4 is 0 Å². The highest BCUT2D eigenvalue weighted by Crippen LogP contribution is 2.60. The summed E-state index contributed by atoms with van der Waals surface area (Å²) in [5.74, 6) is -0.220. The lowest BCUT2D eigenvalue weighted by atomic mass is 9.50. The number of hydrogen-bond donors (Lipinski definition) is 0. The number of nitriles is 2. The number of rotatable bonds is 8. The molecule has 2 aromatic carbocycles. The van der Waals surface area contributed by atoms with Gasteiger partial charge in [-0.1, -0.05) is 44.9 Å². The van der Waals surface area contributed by atoms with Gasteiger partial charge in [0.1, 0.15) is 12.1 Å². The van der Waals surface area contributed by atoms with Crippen LogP contribution >= 0.6 is 0 Å². The molecule has 3 saturated carbocycles. The van der Waals surface area contributed by atoms with Crippen molar-refractivity contribution in [2.45, 2.75) is 83.5 Å². The summed E-state index contributed by atoms with van der Waals surface area (Å²) in [6.45, 7) is 4.80. The van der Waals surface area contributed by atoms with E-state index in [1.807, 2.05) is 12.1 Å². The second kappa shape index (κ2) is 9.56. The van der Waals surface area contributed by atoms with Gasteiger partial charge in [-0.15, -0.1) is 0 Å². The number of benzene rings is 2. The lowest BCUT2D eigenvalue weighted by Gasteiger charge is -2.54. The van der Waals surface area contributed by atoms with Crippen molar-refractivity contribution < 1.29 is 9.13 Å². The summed E-state index contributed by atoms with van der Waals surface area (Å²) in [5.41, 5.74) is 3.55. The summed E-state index contributed by atoms with van der Waals surface area (Å²) >= 11 is 0.